The van der Waals surface area contributed by atoms with Crippen molar-refractivity contribution in [2.45, 2.75) is 32.4 Å². The van der Waals surface area contributed by atoms with Crippen LogP contribution in [0.1, 0.15) is 35.7 Å². The highest BCUT2D eigenvalue weighted by molar-refractivity contribution is 6.04. The summed E-state index contributed by atoms with van der Waals surface area (Å²) in [5.41, 5.74) is 2.15. The Morgan fingerprint density at radius 3 is 2.63 bits per heavy atom. The highest BCUT2D eigenvalue weighted by atomic mass is 16.5. The molecule has 1 atom stereocenters. The lowest BCUT2D eigenvalue weighted by atomic mass is 10.1. The summed E-state index contributed by atoms with van der Waals surface area (Å²) in [5.74, 6) is 0.819. The van der Waals surface area contributed by atoms with Gasteiger partial charge in [0.1, 0.15) is 17.5 Å². The Hall–Kier alpha value is -3.02. The minimum Gasteiger partial charge on any atom is -0.497 e. The summed E-state index contributed by atoms with van der Waals surface area (Å²) in [7, 11) is 3.11. The van der Waals surface area contributed by atoms with Crippen LogP contribution < -0.4 is 14.8 Å². The van der Waals surface area contributed by atoms with Gasteiger partial charge in [0.05, 0.1) is 19.9 Å². The number of nitrogens with zero attached hydrogens (tertiary/aromatic N) is 1. The highest BCUT2D eigenvalue weighted by Crippen LogP contribution is 2.31. The van der Waals surface area contributed by atoms with Gasteiger partial charge in [0.15, 0.2) is 0 Å². The summed E-state index contributed by atoms with van der Waals surface area (Å²) >= 11 is 0. The Labute approximate surface area is 159 Å². The van der Waals surface area contributed by atoms with Crippen LogP contribution in [0.2, 0.25) is 0 Å². The molecule has 1 N–H and O–H groups in total. The van der Waals surface area contributed by atoms with Crippen LogP contribution in [0.4, 0.5) is 5.69 Å². The maximum Gasteiger partial charge on any atom is 0.255 e. The Morgan fingerprint density at radius 2 is 1.96 bits per heavy atom. The monoisotopic (exact) mass is 368 g/mol. The van der Waals surface area contributed by atoms with E-state index < -0.39 is 6.04 Å². The normalized spacial score (nSPS) is 13.9. The first-order valence-corrected chi connectivity index (χ1v) is 9.00. The van der Waals surface area contributed by atoms with E-state index in [0.29, 0.717) is 35.7 Å². The van der Waals surface area contributed by atoms with Gasteiger partial charge >= 0.3 is 0 Å². The molecule has 1 aliphatic heterocycles. The maximum atomic E-state index is 13.1. The number of carbonyl (C=O) groups excluding carboxylic acids is 2. The van der Waals surface area contributed by atoms with Crippen LogP contribution in [0.5, 0.6) is 11.5 Å². The van der Waals surface area contributed by atoms with Gasteiger partial charge in [-0.1, -0.05) is 31.5 Å². The lowest BCUT2D eigenvalue weighted by Gasteiger charge is -2.27. The topological polar surface area (TPSA) is 67.9 Å². The van der Waals surface area contributed by atoms with Crippen molar-refractivity contribution in [1.82, 2.24) is 4.90 Å². The molecule has 6 nitrogen and oxygen atoms in total. The molecule has 2 aromatic rings. The van der Waals surface area contributed by atoms with Gasteiger partial charge in [0.2, 0.25) is 5.91 Å². The van der Waals surface area contributed by atoms with Gasteiger partial charge in [0, 0.05) is 18.2 Å². The minimum atomic E-state index is -0.550. The van der Waals surface area contributed by atoms with Gasteiger partial charge < -0.3 is 19.7 Å². The fraction of sp³-hybridized carbons (Fsp3) is 0.333. The number of amides is 2. The molecule has 0 aliphatic carbocycles. The first kappa shape index (κ1) is 18.8. The van der Waals surface area contributed by atoms with Crippen molar-refractivity contribution in [2.75, 3.05) is 19.5 Å². The van der Waals surface area contributed by atoms with Crippen LogP contribution in [0, 0.1) is 0 Å². The van der Waals surface area contributed by atoms with Gasteiger partial charge in [-0.15, -0.1) is 0 Å². The van der Waals surface area contributed by atoms with E-state index in [-0.39, 0.29) is 11.8 Å². The van der Waals surface area contributed by atoms with Gasteiger partial charge in [0.25, 0.3) is 5.91 Å². The van der Waals surface area contributed by atoms with E-state index >= 15 is 0 Å². The van der Waals surface area contributed by atoms with Crippen molar-refractivity contribution in [3.8, 4) is 11.5 Å². The second-order valence-electron chi connectivity index (χ2n) is 6.45. The molecule has 0 spiro atoms. The third-order valence-corrected chi connectivity index (χ3v) is 4.75. The number of fused-ring (bicyclic) bond motifs is 1. The summed E-state index contributed by atoms with van der Waals surface area (Å²) < 4.78 is 10.6. The molecule has 1 unspecified atom stereocenters. The van der Waals surface area contributed by atoms with E-state index in [4.69, 9.17) is 9.47 Å². The molecule has 142 valence electrons. The predicted molar refractivity (Wildman–Crippen MR) is 103 cm³/mol. The molecule has 2 amide bonds. The third kappa shape index (κ3) is 3.74. The first-order chi connectivity index (χ1) is 13.1. The Bertz CT molecular complexity index is 850. The number of benzene rings is 2. The largest absolute Gasteiger partial charge is 0.497 e. The Morgan fingerprint density at radius 1 is 1.19 bits per heavy atom. The van der Waals surface area contributed by atoms with Crippen molar-refractivity contribution >= 4 is 17.5 Å². The zero-order valence-corrected chi connectivity index (χ0v) is 15.8. The van der Waals surface area contributed by atoms with E-state index in [2.05, 4.69) is 5.32 Å². The number of methoxy groups -OCH3 is 2. The second kappa shape index (κ2) is 8.12. The SMILES string of the molecule is CCCC(C(=O)Nc1cc(OC)ccc1OC)N1Cc2ccccc2C1=O. The van der Waals surface area contributed by atoms with Crippen molar-refractivity contribution in [3.63, 3.8) is 0 Å². The zero-order valence-electron chi connectivity index (χ0n) is 15.8. The summed E-state index contributed by atoms with van der Waals surface area (Å²) in [4.78, 5) is 27.5. The Balaban J connectivity index is 1.84. The molecule has 1 aliphatic rings. The van der Waals surface area contributed by atoms with Crippen molar-refractivity contribution < 1.29 is 19.1 Å². The smallest absolute Gasteiger partial charge is 0.255 e. The average molecular weight is 368 g/mol. The molecule has 0 aromatic heterocycles. The summed E-state index contributed by atoms with van der Waals surface area (Å²) in [6, 6.07) is 12.1. The number of anilines is 1. The van der Waals surface area contributed by atoms with Gasteiger partial charge in [-0.3, -0.25) is 9.59 Å². The predicted octanol–water partition coefficient (Wildman–Crippen LogP) is 3.47. The molecule has 0 saturated carbocycles. The lowest BCUT2D eigenvalue weighted by Crippen LogP contribution is -2.44. The molecule has 0 fully saturated rings. The van der Waals surface area contributed by atoms with Crippen molar-refractivity contribution in [3.05, 3.63) is 53.6 Å². The molecule has 0 bridgehead atoms. The van der Waals surface area contributed by atoms with E-state index in [1.807, 2.05) is 31.2 Å². The van der Waals surface area contributed by atoms with Crippen LogP contribution in [0.3, 0.4) is 0 Å². The fourth-order valence-corrected chi connectivity index (χ4v) is 3.36. The minimum absolute atomic E-state index is 0.100. The summed E-state index contributed by atoms with van der Waals surface area (Å²) in [6.45, 7) is 2.45. The van der Waals surface area contributed by atoms with Gasteiger partial charge in [-0.05, 0) is 30.2 Å². The molecule has 0 radical (unpaired) electrons. The second-order valence-corrected chi connectivity index (χ2v) is 6.45. The molecule has 2 aromatic carbocycles. The number of hydrogen-bond acceptors (Lipinski definition) is 4. The number of rotatable bonds is 7. The van der Waals surface area contributed by atoms with Crippen molar-refractivity contribution in [1.29, 1.82) is 0 Å². The summed E-state index contributed by atoms with van der Waals surface area (Å²) in [5, 5.41) is 2.91. The maximum absolute atomic E-state index is 13.1. The van der Waals surface area contributed by atoms with Crippen LogP contribution in [-0.2, 0) is 11.3 Å². The van der Waals surface area contributed by atoms with Crippen LogP contribution in [0.25, 0.3) is 0 Å². The van der Waals surface area contributed by atoms with Crippen LogP contribution >= 0.6 is 0 Å². The van der Waals surface area contributed by atoms with Crippen LogP contribution in [0.15, 0.2) is 42.5 Å². The lowest BCUT2D eigenvalue weighted by molar-refractivity contribution is -0.120. The van der Waals surface area contributed by atoms with Crippen molar-refractivity contribution in [2.24, 2.45) is 0 Å². The zero-order chi connectivity index (χ0) is 19.4. The number of ether oxygens (including phenoxy) is 2. The molecular weight excluding hydrogens is 344 g/mol. The average Bonchev–Trinajstić information content (AvgIpc) is 3.02. The molecule has 3 rings (SSSR count). The number of carbonyl (C=O) groups is 2. The standard InChI is InChI=1S/C21H24N2O4/c1-4-7-18(23-13-14-8-5-6-9-16(14)21(23)25)20(24)22-17-12-15(26-2)10-11-19(17)27-3/h5-6,8-12,18H,4,7,13H2,1-3H3,(H,22,24). The Kier molecular flexibility index (Phi) is 5.64. The third-order valence-electron chi connectivity index (χ3n) is 4.75. The summed E-state index contributed by atoms with van der Waals surface area (Å²) in [6.07, 6.45) is 1.37. The first-order valence-electron chi connectivity index (χ1n) is 9.00. The molecular formula is C21H24N2O4. The van der Waals surface area contributed by atoms with Gasteiger partial charge in [-0.25, -0.2) is 0 Å². The quantitative estimate of drug-likeness (QED) is 0.813. The molecule has 27 heavy (non-hydrogen) atoms. The molecule has 1 heterocycles. The van der Waals surface area contributed by atoms with E-state index in [0.717, 1.165) is 12.0 Å². The van der Waals surface area contributed by atoms with Gasteiger partial charge in [-0.2, -0.15) is 0 Å². The van der Waals surface area contributed by atoms with E-state index in [9.17, 15) is 9.59 Å². The van der Waals surface area contributed by atoms with E-state index in [1.165, 1.54) is 0 Å². The number of nitrogens with one attached hydrogen (secondary N) is 1. The molecule has 0 saturated heterocycles. The van der Waals surface area contributed by atoms with Crippen LogP contribution in [-0.4, -0.2) is 37.0 Å². The number of hydrogen-bond donors (Lipinski definition) is 1. The molecule has 6 heteroatoms. The van der Waals surface area contributed by atoms with E-state index in [1.54, 1.807) is 37.3 Å². The fourth-order valence-electron chi connectivity index (χ4n) is 3.36. The highest BCUT2D eigenvalue weighted by Gasteiger charge is 2.35.